The van der Waals surface area contributed by atoms with E-state index in [1.54, 1.807) is 20.1 Å². The maximum absolute atomic E-state index is 5.91. The second kappa shape index (κ2) is 6.04. The lowest BCUT2D eigenvalue weighted by Gasteiger charge is -2.16. The van der Waals surface area contributed by atoms with E-state index < -0.39 is 0 Å². The van der Waals surface area contributed by atoms with Crippen molar-refractivity contribution < 1.29 is 9.15 Å². The van der Waals surface area contributed by atoms with Crippen molar-refractivity contribution in [3.8, 4) is 0 Å². The third kappa shape index (κ3) is 3.68. The summed E-state index contributed by atoms with van der Waals surface area (Å²) in [7, 11) is 1.64. The molecule has 2 aromatic heterocycles. The van der Waals surface area contributed by atoms with Crippen LogP contribution in [-0.4, -0.2) is 23.7 Å². The minimum Gasteiger partial charge on any atom is -0.464 e. The summed E-state index contributed by atoms with van der Waals surface area (Å²) in [5.74, 6) is 2.91. The van der Waals surface area contributed by atoms with Gasteiger partial charge in [0, 0.05) is 13.2 Å². The fraction of sp³-hybridized carbons (Fsp3) is 0.385. The van der Waals surface area contributed by atoms with E-state index in [0.29, 0.717) is 23.4 Å². The SMILES string of the molecule is COCC(Nc1cc(Cl)nc(C)n1)c1ccc(C)o1. The molecule has 0 fully saturated rings. The minimum absolute atomic E-state index is 0.121. The first-order valence-electron chi connectivity index (χ1n) is 5.91. The van der Waals surface area contributed by atoms with Gasteiger partial charge in [0.05, 0.1) is 6.61 Å². The van der Waals surface area contributed by atoms with Gasteiger partial charge in [-0.2, -0.15) is 0 Å². The van der Waals surface area contributed by atoms with Crippen LogP contribution in [0.4, 0.5) is 5.82 Å². The van der Waals surface area contributed by atoms with Crippen LogP contribution < -0.4 is 5.32 Å². The molecule has 0 aliphatic carbocycles. The average molecular weight is 282 g/mol. The zero-order valence-corrected chi connectivity index (χ0v) is 11.9. The molecule has 0 radical (unpaired) electrons. The van der Waals surface area contributed by atoms with Gasteiger partial charge >= 0.3 is 0 Å². The van der Waals surface area contributed by atoms with Crippen LogP contribution in [-0.2, 0) is 4.74 Å². The number of rotatable bonds is 5. The number of furan rings is 1. The van der Waals surface area contributed by atoms with Crippen LogP contribution >= 0.6 is 11.6 Å². The lowest BCUT2D eigenvalue weighted by Crippen LogP contribution is -2.16. The van der Waals surface area contributed by atoms with Crippen LogP contribution in [0, 0.1) is 13.8 Å². The largest absolute Gasteiger partial charge is 0.464 e. The van der Waals surface area contributed by atoms with Gasteiger partial charge in [-0.25, -0.2) is 9.97 Å². The highest BCUT2D eigenvalue weighted by atomic mass is 35.5. The third-order valence-electron chi connectivity index (χ3n) is 2.57. The van der Waals surface area contributed by atoms with Crippen LogP contribution in [0.5, 0.6) is 0 Å². The van der Waals surface area contributed by atoms with Gasteiger partial charge < -0.3 is 14.5 Å². The smallest absolute Gasteiger partial charge is 0.134 e. The fourth-order valence-electron chi connectivity index (χ4n) is 1.79. The Morgan fingerprint density at radius 2 is 2.16 bits per heavy atom. The van der Waals surface area contributed by atoms with E-state index in [4.69, 9.17) is 20.8 Å². The average Bonchev–Trinajstić information content (AvgIpc) is 2.74. The van der Waals surface area contributed by atoms with Gasteiger partial charge in [-0.1, -0.05) is 11.6 Å². The van der Waals surface area contributed by atoms with Gasteiger partial charge in [-0.15, -0.1) is 0 Å². The van der Waals surface area contributed by atoms with Gasteiger partial charge in [0.2, 0.25) is 0 Å². The molecule has 1 atom stereocenters. The fourth-order valence-corrected chi connectivity index (χ4v) is 2.01. The molecule has 0 saturated carbocycles. The molecule has 102 valence electrons. The number of aromatic nitrogens is 2. The summed E-state index contributed by atoms with van der Waals surface area (Å²) in [6, 6.07) is 5.39. The molecule has 0 spiro atoms. The standard InChI is InChI=1S/C13H16ClN3O2/c1-8-4-5-11(19-8)10(7-18-3)17-13-6-12(14)15-9(2)16-13/h4-6,10H,7H2,1-3H3,(H,15,16,17). The lowest BCUT2D eigenvalue weighted by atomic mass is 10.2. The maximum Gasteiger partial charge on any atom is 0.134 e. The number of aryl methyl sites for hydroxylation is 2. The van der Waals surface area contributed by atoms with E-state index in [2.05, 4.69) is 15.3 Å². The van der Waals surface area contributed by atoms with E-state index in [1.165, 1.54) is 0 Å². The van der Waals surface area contributed by atoms with Crippen LogP contribution in [0.1, 0.15) is 23.4 Å². The van der Waals surface area contributed by atoms with Gasteiger partial charge in [0.1, 0.15) is 34.4 Å². The summed E-state index contributed by atoms with van der Waals surface area (Å²) in [6.45, 7) is 4.16. The Balaban J connectivity index is 2.20. The van der Waals surface area contributed by atoms with E-state index >= 15 is 0 Å². The molecular formula is C13H16ClN3O2. The molecule has 0 aliphatic rings. The lowest BCUT2D eigenvalue weighted by molar-refractivity contribution is 0.178. The Labute approximate surface area is 117 Å². The number of hydrogen-bond donors (Lipinski definition) is 1. The van der Waals surface area contributed by atoms with Crippen molar-refractivity contribution in [3.63, 3.8) is 0 Å². The second-order valence-corrected chi connectivity index (χ2v) is 4.61. The first kappa shape index (κ1) is 13.8. The Hall–Kier alpha value is -1.59. The van der Waals surface area contributed by atoms with E-state index in [1.807, 2.05) is 19.1 Å². The topological polar surface area (TPSA) is 60.2 Å². The number of nitrogens with zero attached hydrogens (tertiary/aromatic N) is 2. The van der Waals surface area contributed by atoms with Gasteiger partial charge in [0.25, 0.3) is 0 Å². The minimum atomic E-state index is -0.121. The quantitative estimate of drug-likeness (QED) is 0.853. The van der Waals surface area contributed by atoms with Gasteiger partial charge in [-0.3, -0.25) is 0 Å². The van der Waals surface area contributed by atoms with Crippen LogP contribution in [0.15, 0.2) is 22.6 Å². The van der Waals surface area contributed by atoms with Crippen molar-refractivity contribution in [2.24, 2.45) is 0 Å². The summed E-state index contributed by atoms with van der Waals surface area (Å²) in [4.78, 5) is 8.31. The molecule has 0 bridgehead atoms. The van der Waals surface area contributed by atoms with Crippen molar-refractivity contribution in [3.05, 3.63) is 40.7 Å². The molecule has 0 aliphatic heterocycles. The van der Waals surface area contributed by atoms with Crippen LogP contribution in [0.2, 0.25) is 5.15 Å². The molecule has 0 aromatic carbocycles. The summed E-state index contributed by atoms with van der Waals surface area (Å²) >= 11 is 5.91. The molecule has 2 aromatic rings. The van der Waals surface area contributed by atoms with Crippen molar-refractivity contribution in [2.75, 3.05) is 19.0 Å². The summed E-state index contributed by atoms with van der Waals surface area (Å²) in [5, 5.41) is 3.64. The van der Waals surface area contributed by atoms with Crippen molar-refractivity contribution >= 4 is 17.4 Å². The predicted octanol–water partition coefficient (Wildman–Crippen LogP) is 3.14. The van der Waals surface area contributed by atoms with Crippen molar-refractivity contribution in [1.29, 1.82) is 0 Å². The number of ether oxygens (including phenoxy) is 1. The van der Waals surface area contributed by atoms with E-state index in [9.17, 15) is 0 Å². The molecular weight excluding hydrogens is 266 g/mol. The van der Waals surface area contributed by atoms with Crippen LogP contribution in [0.3, 0.4) is 0 Å². The molecule has 5 nitrogen and oxygen atoms in total. The van der Waals surface area contributed by atoms with Crippen LogP contribution in [0.25, 0.3) is 0 Å². The number of methoxy groups -OCH3 is 1. The van der Waals surface area contributed by atoms with Crippen molar-refractivity contribution in [2.45, 2.75) is 19.9 Å². The highest BCUT2D eigenvalue weighted by Gasteiger charge is 2.16. The first-order chi connectivity index (χ1) is 9.08. The molecule has 0 saturated heterocycles. The third-order valence-corrected chi connectivity index (χ3v) is 2.76. The number of hydrogen-bond acceptors (Lipinski definition) is 5. The molecule has 2 rings (SSSR count). The number of halogens is 1. The van der Waals surface area contributed by atoms with Gasteiger partial charge in [0.15, 0.2) is 0 Å². The Kier molecular flexibility index (Phi) is 4.39. The Morgan fingerprint density at radius 1 is 1.37 bits per heavy atom. The summed E-state index contributed by atoms with van der Waals surface area (Å²) < 4.78 is 10.8. The summed E-state index contributed by atoms with van der Waals surface area (Å²) in [6.07, 6.45) is 0. The van der Waals surface area contributed by atoms with E-state index in [-0.39, 0.29) is 6.04 Å². The molecule has 1 unspecified atom stereocenters. The molecule has 2 heterocycles. The number of anilines is 1. The van der Waals surface area contributed by atoms with E-state index in [0.717, 1.165) is 11.5 Å². The number of nitrogens with one attached hydrogen (secondary N) is 1. The molecule has 1 N–H and O–H groups in total. The normalized spacial score (nSPS) is 12.4. The van der Waals surface area contributed by atoms with Crippen molar-refractivity contribution in [1.82, 2.24) is 9.97 Å². The Bertz CT molecular complexity index is 536. The first-order valence-corrected chi connectivity index (χ1v) is 6.29. The highest BCUT2D eigenvalue weighted by Crippen LogP contribution is 2.22. The predicted molar refractivity (Wildman–Crippen MR) is 73.5 cm³/mol. The van der Waals surface area contributed by atoms with Gasteiger partial charge in [-0.05, 0) is 26.0 Å². The highest BCUT2D eigenvalue weighted by molar-refractivity contribution is 6.29. The zero-order valence-electron chi connectivity index (χ0n) is 11.1. The molecule has 19 heavy (non-hydrogen) atoms. The summed E-state index contributed by atoms with van der Waals surface area (Å²) in [5.41, 5.74) is 0. The molecule has 6 heteroatoms. The maximum atomic E-state index is 5.91. The Morgan fingerprint density at radius 3 is 2.74 bits per heavy atom. The molecule has 0 amide bonds. The zero-order chi connectivity index (χ0) is 13.8. The second-order valence-electron chi connectivity index (χ2n) is 4.22. The monoisotopic (exact) mass is 281 g/mol.